The Bertz CT molecular complexity index is 893. The van der Waals surface area contributed by atoms with E-state index >= 15 is 0 Å². The lowest BCUT2D eigenvalue weighted by molar-refractivity contribution is 0.0299. The molecule has 5 nitrogen and oxygen atoms in total. The third-order valence-electron chi connectivity index (χ3n) is 4.50. The van der Waals surface area contributed by atoms with Gasteiger partial charge in [-0.3, -0.25) is 4.79 Å². The van der Waals surface area contributed by atoms with Crippen molar-refractivity contribution >= 4 is 28.1 Å². The molecule has 1 aromatic carbocycles. The smallest absolute Gasteiger partial charge is 0.273 e. The summed E-state index contributed by atoms with van der Waals surface area (Å²) >= 11 is 1.54. The number of nitrogens with zero attached hydrogens (tertiary/aromatic N) is 3. The number of aromatic nitrogens is 2. The number of hydrogen-bond acceptors (Lipinski definition) is 4. The molecule has 3 aromatic rings. The molecule has 1 aliphatic rings. The maximum atomic E-state index is 12.6. The van der Waals surface area contributed by atoms with Crippen molar-refractivity contribution in [3.8, 4) is 10.7 Å². The third-order valence-corrected chi connectivity index (χ3v) is 5.36. The lowest BCUT2D eigenvalue weighted by Gasteiger charge is -2.25. The summed E-state index contributed by atoms with van der Waals surface area (Å²) in [4.78, 5) is 19.1. The highest BCUT2D eigenvalue weighted by molar-refractivity contribution is 7.13. The summed E-state index contributed by atoms with van der Waals surface area (Å²) in [5.74, 6) is 0.00366. The van der Waals surface area contributed by atoms with Gasteiger partial charge in [0.15, 0.2) is 0 Å². The van der Waals surface area contributed by atoms with Gasteiger partial charge in [0.1, 0.15) is 10.7 Å². The van der Waals surface area contributed by atoms with Gasteiger partial charge in [-0.05, 0) is 18.6 Å². The fourth-order valence-electron chi connectivity index (χ4n) is 3.27. The molecule has 0 saturated carbocycles. The summed E-state index contributed by atoms with van der Waals surface area (Å²) in [6.45, 7) is 5.60. The summed E-state index contributed by atoms with van der Waals surface area (Å²) in [6, 6.07) is 10.6. The average Bonchev–Trinajstić information content (AvgIpc) is 3.27. The zero-order chi connectivity index (χ0) is 17.2. The van der Waals surface area contributed by atoms with E-state index < -0.39 is 0 Å². The highest BCUT2D eigenvalue weighted by Gasteiger charge is 2.22. The summed E-state index contributed by atoms with van der Waals surface area (Å²) in [6.07, 6.45) is 1.05. The molecule has 3 heterocycles. The number of benzene rings is 1. The van der Waals surface area contributed by atoms with Crippen LogP contribution in [0.4, 0.5) is 0 Å². The minimum Gasteiger partial charge on any atom is -0.378 e. The highest BCUT2D eigenvalue weighted by atomic mass is 32.1. The van der Waals surface area contributed by atoms with Crippen molar-refractivity contribution < 1.29 is 9.53 Å². The Morgan fingerprint density at radius 1 is 1.28 bits per heavy atom. The van der Waals surface area contributed by atoms with Crippen LogP contribution in [-0.2, 0) is 11.3 Å². The first-order valence-electron chi connectivity index (χ1n) is 8.69. The summed E-state index contributed by atoms with van der Waals surface area (Å²) in [5.41, 5.74) is 2.85. The van der Waals surface area contributed by atoms with Crippen LogP contribution in [0, 0.1) is 0 Å². The Hall–Kier alpha value is -2.18. The molecule has 1 saturated heterocycles. The summed E-state index contributed by atoms with van der Waals surface area (Å²) in [7, 11) is 0. The number of carbonyl (C=O) groups is 1. The fraction of sp³-hybridized carbons (Fsp3) is 0.368. The molecule has 130 valence electrons. The van der Waals surface area contributed by atoms with Crippen molar-refractivity contribution in [1.29, 1.82) is 0 Å². The molecule has 0 N–H and O–H groups in total. The standard InChI is InChI=1S/C19H21N3O2S/c1-2-7-22-16-6-4-3-5-14(16)12-17(22)18-20-15(13-25-18)19(23)21-8-10-24-11-9-21/h3-6,12-13H,2,7-11H2,1H3. The highest BCUT2D eigenvalue weighted by Crippen LogP contribution is 2.31. The minimum absolute atomic E-state index is 0.00366. The average molecular weight is 355 g/mol. The molecule has 0 spiro atoms. The van der Waals surface area contributed by atoms with Crippen LogP contribution < -0.4 is 0 Å². The van der Waals surface area contributed by atoms with E-state index in [1.54, 1.807) is 0 Å². The molecular weight excluding hydrogens is 334 g/mol. The quantitative estimate of drug-likeness (QED) is 0.718. The number of para-hydroxylation sites is 1. The molecule has 0 atom stereocenters. The van der Waals surface area contributed by atoms with Crippen molar-refractivity contribution in [2.24, 2.45) is 0 Å². The third kappa shape index (κ3) is 3.07. The van der Waals surface area contributed by atoms with Gasteiger partial charge >= 0.3 is 0 Å². The Kier molecular flexibility index (Phi) is 4.55. The van der Waals surface area contributed by atoms with Crippen molar-refractivity contribution in [3.05, 3.63) is 41.4 Å². The van der Waals surface area contributed by atoms with E-state index in [1.165, 1.54) is 22.2 Å². The lowest BCUT2D eigenvalue weighted by atomic mass is 10.2. The number of hydrogen-bond donors (Lipinski definition) is 0. The molecule has 0 bridgehead atoms. The number of fused-ring (bicyclic) bond motifs is 1. The summed E-state index contributed by atoms with van der Waals surface area (Å²) < 4.78 is 7.62. The van der Waals surface area contributed by atoms with Gasteiger partial charge in [0.2, 0.25) is 0 Å². The van der Waals surface area contributed by atoms with Gasteiger partial charge in [0.25, 0.3) is 5.91 Å². The molecule has 1 amide bonds. The van der Waals surface area contributed by atoms with E-state index in [-0.39, 0.29) is 5.91 Å². The van der Waals surface area contributed by atoms with Crippen LogP contribution >= 0.6 is 11.3 Å². The molecule has 0 radical (unpaired) electrons. The van der Waals surface area contributed by atoms with Crippen LogP contribution in [0.1, 0.15) is 23.8 Å². The van der Waals surface area contributed by atoms with E-state index in [2.05, 4.69) is 46.8 Å². The number of morpholine rings is 1. The lowest BCUT2D eigenvalue weighted by Crippen LogP contribution is -2.40. The number of rotatable bonds is 4. The predicted molar refractivity (Wildman–Crippen MR) is 100 cm³/mol. The SMILES string of the molecule is CCCn1c(-c2nc(C(=O)N3CCOCC3)cs2)cc2ccccc21. The van der Waals surface area contributed by atoms with Gasteiger partial charge in [-0.15, -0.1) is 11.3 Å². The molecule has 25 heavy (non-hydrogen) atoms. The van der Waals surface area contributed by atoms with Gasteiger partial charge < -0.3 is 14.2 Å². The van der Waals surface area contributed by atoms with Crippen LogP contribution in [0.3, 0.4) is 0 Å². The Morgan fingerprint density at radius 3 is 2.88 bits per heavy atom. The molecular formula is C19H21N3O2S. The Labute approximate surface area is 150 Å². The molecule has 1 aliphatic heterocycles. The summed E-state index contributed by atoms with van der Waals surface area (Å²) in [5, 5.41) is 3.99. The second-order valence-corrected chi connectivity index (χ2v) is 7.04. The predicted octanol–water partition coefficient (Wildman–Crippen LogP) is 3.65. The number of ether oxygens (including phenoxy) is 1. The monoisotopic (exact) mass is 355 g/mol. The maximum Gasteiger partial charge on any atom is 0.273 e. The van der Waals surface area contributed by atoms with Crippen LogP contribution in [0.25, 0.3) is 21.6 Å². The normalized spacial score (nSPS) is 15.0. The fourth-order valence-corrected chi connectivity index (χ4v) is 4.09. The minimum atomic E-state index is 0.00366. The van der Waals surface area contributed by atoms with Crippen LogP contribution in [0.2, 0.25) is 0 Å². The number of aryl methyl sites for hydroxylation is 1. The molecule has 2 aromatic heterocycles. The van der Waals surface area contributed by atoms with Crippen molar-refractivity contribution in [2.75, 3.05) is 26.3 Å². The van der Waals surface area contributed by atoms with E-state index in [0.717, 1.165) is 23.7 Å². The van der Waals surface area contributed by atoms with Crippen LogP contribution in [-0.4, -0.2) is 46.7 Å². The van der Waals surface area contributed by atoms with Gasteiger partial charge in [-0.2, -0.15) is 0 Å². The molecule has 1 fully saturated rings. The number of carbonyl (C=O) groups excluding carboxylic acids is 1. The van der Waals surface area contributed by atoms with E-state index in [1.807, 2.05) is 10.3 Å². The van der Waals surface area contributed by atoms with Gasteiger partial charge in [-0.1, -0.05) is 25.1 Å². The topological polar surface area (TPSA) is 47.4 Å². The van der Waals surface area contributed by atoms with Crippen molar-refractivity contribution in [3.63, 3.8) is 0 Å². The molecule has 4 rings (SSSR count). The second-order valence-electron chi connectivity index (χ2n) is 6.18. The molecule has 6 heteroatoms. The molecule has 0 unspecified atom stereocenters. The zero-order valence-electron chi connectivity index (χ0n) is 14.3. The largest absolute Gasteiger partial charge is 0.378 e. The Morgan fingerprint density at radius 2 is 2.08 bits per heavy atom. The van der Waals surface area contributed by atoms with Gasteiger partial charge in [0, 0.05) is 35.9 Å². The first-order valence-corrected chi connectivity index (χ1v) is 9.57. The van der Waals surface area contributed by atoms with Crippen LogP contribution in [0.15, 0.2) is 35.7 Å². The second kappa shape index (κ2) is 6.98. The zero-order valence-corrected chi connectivity index (χ0v) is 15.1. The van der Waals surface area contributed by atoms with E-state index in [9.17, 15) is 4.79 Å². The van der Waals surface area contributed by atoms with Gasteiger partial charge in [-0.25, -0.2) is 4.98 Å². The molecule has 0 aliphatic carbocycles. The maximum absolute atomic E-state index is 12.6. The Balaban J connectivity index is 1.69. The van der Waals surface area contributed by atoms with Crippen LogP contribution in [0.5, 0.6) is 0 Å². The number of thiazole rings is 1. The first-order chi connectivity index (χ1) is 12.3. The van der Waals surface area contributed by atoms with Crippen molar-refractivity contribution in [1.82, 2.24) is 14.5 Å². The number of amides is 1. The van der Waals surface area contributed by atoms with E-state index in [0.29, 0.717) is 32.0 Å². The van der Waals surface area contributed by atoms with Crippen molar-refractivity contribution in [2.45, 2.75) is 19.9 Å². The van der Waals surface area contributed by atoms with Gasteiger partial charge in [0.05, 0.1) is 18.9 Å². The first kappa shape index (κ1) is 16.3. The van der Waals surface area contributed by atoms with E-state index in [4.69, 9.17) is 4.74 Å².